The lowest BCUT2D eigenvalue weighted by atomic mass is 9.97. The molecule has 1 aromatic heterocycles. The minimum Gasteiger partial charge on any atom is -0.319 e. The van der Waals surface area contributed by atoms with Crippen molar-refractivity contribution in [2.75, 3.05) is 0 Å². The van der Waals surface area contributed by atoms with Gasteiger partial charge in [-0.2, -0.15) is 0 Å². The summed E-state index contributed by atoms with van der Waals surface area (Å²) in [5.41, 5.74) is 9.90. The zero-order valence-electron chi connectivity index (χ0n) is 12.3. The number of pyridine rings is 1. The summed E-state index contributed by atoms with van der Waals surface area (Å²) in [7, 11) is 0. The second-order valence-electron chi connectivity index (χ2n) is 5.39. The van der Waals surface area contributed by atoms with Gasteiger partial charge in [0.15, 0.2) is 0 Å². The third-order valence-corrected chi connectivity index (χ3v) is 3.85. The van der Waals surface area contributed by atoms with Crippen LogP contribution in [0.1, 0.15) is 36.2 Å². The highest BCUT2D eigenvalue weighted by Gasteiger charge is 2.13. The summed E-state index contributed by atoms with van der Waals surface area (Å²) in [6.07, 6.45) is 4.07. The lowest BCUT2D eigenvalue weighted by Crippen LogP contribution is -2.14. The molecule has 1 unspecified atom stereocenters. The monoisotopic (exact) mass is 276 g/mol. The molecule has 3 aromatic rings. The van der Waals surface area contributed by atoms with Crippen molar-refractivity contribution in [3.05, 3.63) is 77.6 Å². The van der Waals surface area contributed by atoms with E-state index in [-0.39, 0.29) is 6.04 Å². The van der Waals surface area contributed by atoms with Crippen molar-refractivity contribution in [1.82, 2.24) is 4.98 Å². The zero-order chi connectivity index (χ0) is 14.7. The molecule has 2 N–H and O–H groups in total. The maximum atomic E-state index is 6.48. The normalized spacial score (nSPS) is 12.5. The van der Waals surface area contributed by atoms with Gasteiger partial charge in [-0.25, -0.2) is 0 Å². The Balaban J connectivity index is 2.04. The van der Waals surface area contributed by atoms with E-state index >= 15 is 0 Å². The molecule has 2 heteroatoms. The number of aromatic nitrogens is 1. The van der Waals surface area contributed by atoms with Gasteiger partial charge in [0.1, 0.15) is 0 Å². The van der Waals surface area contributed by atoms with Crippen molar-refractivity contribution in [3.8, 4) is 0 Å². The number of fused-ring (bicyclic) bond motifs is 1. The van der Waals surface area contributed by atoms with Gasteiger partial charge in [0.25, 0.3) is 0 Å². The van der Waals surface area contributed by atoms with Crippen molar-refractivity contribution < 1.29 is 0 Å². The molecular formula is C19H20N2. The average molecular weight is 276 g/mol. The Kier molecular flexibility index (Phi) is 3.98. The van der Waals surface area contributed by atoms with Crippen molar-refractivity contribution in [2.24, 2.45) is 5.73 Å². The first-order valence-corrected chi connectivity index (χ1v) is 7.47. The van der Waals surface area contributed by atoms with Crippen LogP contribution in [0.5, 0.6) is 0 Å². The Morgan fingerprint density at radius 3 is 2.76 bits per heavy atom. The van der Waals surface area contributed by atoms with Gasteiger partial charge in [0.05, 0.1) is 11.7 Å². The molecule has 106 valence electrons. The zero-order valence-corrected chi connectivity index (χ0v) is 12.3. The smallest absolute Gasteiger partial charge is 0.0732 e. The fraction of sp³-hybridized carbons (Fsp3) is 0.211. The van der Waals surface area contributed by atoms with Crippen LogP contribution in [0.15, 0.2) is 60.8 Å². The van der Waals surface area contributed by atoms with Crippen molar-refractivity contribution in [1.29, 1.82) is 0 Å². The lowest BCUT2D eigenvalue weighted by Gasteiger charge is -2.15. The molecule has 0 aliphatic carbocycles. The van der Waals surface area contributed by atoms with Gasteiger partial charge in [-0.05, 0) is 29.0 Å². The van der Waals surface area contributed by atoms with Crippen LogP contribution >= 0.6 is 0 Å². The maximum Gasteiger partial charge on any atom is 0.0732 e. The molecule has 0 aliphatic rings. The Morgan fingerprint density at radius 2 is 1.90 bits per heavy atom. The summed E-state index contributed by atoms with van der Waals surface area (Å²) >= 11 is 0. The standard InChI is InChI=1S/C19H20N2/c1-2-6-14-7-5-9-16(13-14)18(20)19-17-10-4-3-8-15(17)11-12-21-19/h3-5,7-13,18H,2,6,20H2,1H3. The van der Waals surface area contributed by atoms with Gasteiger partial charge >= 0.3 is 0 Å². The van der Waals surface area contributed by atoms with E-state index in [1.807, 2.05) is 24.4 Å². The summed E-state index contributed by atoms with van der Waals surface area (Å²) in [5.74, 6) is 0. The van der Waals surface area contributed by atoms with Crippen molar-refractivity contribution in [3.63, 3.8) is 0 Å². The third-order valence-electron chi connectivity index (χ3n) is 3.85. The molecule has 2 aromatic carbocycles. The third kappa shape index (κ3) is 2.81. The van der Waals surface area contributed by atoms with Gasteiger partial charge in [0, 0.05) is 11.6 Å². The van der Waals surface area contributed by atoms with Crippen LogP contribution in [0.25, 0.3) is 10.8 Å². The van der Waals surface area contributed by atoms with Gasteiger partial charge in [-0.1, -0.05) is 61.9 Å². The highest BCUT2D eigenvalue weighted by molar-refractivity contribution is 5.85. The molecule has 0 radical (unpaired) electrons. The first kappa shape index (κ1) is 13.8. The van der Waals surface area contributed by atoms with Crippen LogP contribution in [-0.2, 0) is 6.42 Å². The second kappa shape index (κ2) is 6.06. The molecule has 21 heavy (non-hydrogen) atoms. The van der Waals surface area contributed by atoms with Gasteiger partial charge in [-0.3, -0.25) is 4.98 Å². The maximum absolute atomic E-state index is 6.48. The molecule has 1 atom stereocenters. The minimum atomic E-state index is -0.187. The number of hydrogen-bond acceptors (Lipinski definition) is 2. The van der Waals surface area contributed by atoms with Crippen LogP contribution in [0.2, 0.25) is 0 Å². The molecule has 0 saturated carbocycles. The highest BCUT2D eigenvalue weighted by atomic mass is 14.8. The Labute approximate surface area is 125 Å². The van der Waals surface area contributed by atoms with E-state index in [2.05, 4.69) is 48.3 Å². The van der Waals surface area contributed by atoms with Crippen LogP contribution in [0, 0.1) is 0 Å². The predicted molar refractivity (Wildman–Crippen MR) is 88.2 cm³/mol. The van der Waals surface area contributed by atoms with Gasteiger partial charge < -0.3 is 5.73 Å². The van der Waals surface area contributed by atoms with E-state index < -0.39 is 0 Å². The van der Waals surface area contributed by atoms with Gasteiger partial charge in [-0.15, -0.1) is 0 Å². The van der Waals surface area contributed by atoms with E-state index in [4.69, 9.17) is 5.73 Å². The second-order valence-corrected chi connectivity index (χ2v) is 5.39. The fourth-order valence-electron chi connectivity index (χ4n) is 2.78. The van der Waals surface area contributed by atoms with Crippen LogP contribution < -0.4 is 5.73 Å². The Bertz CT molecular complexity index is 744. The molecule has 0 spiro atoms. The summed E-state index contributed by atoms with van der Waals surface area (Å²) < 4.78 is 0. The number of nitrogens with two attached hydrogens (primary N) is 1. The lowest BCUT2D eigenvalue weighted by molar-refractivity contribution is 0.832. The van der Waals surface area contributed by atoms with Crippen LogP contribution in [-0.4, -0.2) is 4.98 Å². The first-order chi connectivity index (χ1) is 10.3. The number of aryl methyl sites for hydroxylation is 1. The van der Waals surface area contributed by atoms with Crippen molar-refractivity contribution in [2.45, 2.75) is 25.8 Å². The van der Waals surface area contributed by atoms with E-state index in [0.717, 1.165) is 29.5 Å². The van der Waals surface area contributed by atoms with Crippen molar-refractivity contribution >= 4 is 10.8 Å². The summed E-state index contributed by atoms with van der Waals surface area (Å²) in [5, 5.41) is 2.32. The molecule has 0 aliphatic heterocycles. The molecule has 0 bridgehead atoms. The number of benzene rings is 2. The average Bonchev–Trinajstić information content (AvgIpc) is 2.54. The number of rotatable bonds is 4. The van der Waals surface area contributed by atoms with Crippen LogP contribution in [0.4, 0.5) is 0 Å². The molecular weight excluding hydrogens is 256 g/mol. The molecule has 0 saturated heterocycles. The Hall–Kier alpha value is -2.19. The SMILES string of the molecule is CCCc1cccc(C(N)c2nccc3ccccc23)c1. The molecule has 0 amide bonds. The summed E-state index contributed by atoms with van der Waals surface area (Å²) in [6, 6.07) is 18.7. The summed E-state index contributed by atoms with van der Waals surface area (Å²) in [6.45, 7) is 2.19. The fourth-order valence-corrected chi connectivity index (χ4v) is 2.78. The van der Waals surface area contributed by atoms with Crippen LogP contribution in [0.3, 0.4) is 0 Å². The largest absolute Gasteiger partial charge is 0.319 e. The minimum absolute atomic E-state index is 0.187. The van der Waals surface area contributed by atoms with E-state index in [1.54, 1.807) is 0 Å². The first-order valence-electron chi connectivity index (χ1n) is 7.47. The highest BCUT2D eigenvalue weighted by Crippen LogP contribution is 2.26. The summed E-state index contributed by atoms with van der Waals surface area (Å²) in [4.78, 5) is 4.53. The molecule has 2 nitrogen and oxygen atoms in total. The molecule has 0 fully saturated rings. The quantitative estimate of drug-likeness (QED) is 0.774. The Morgan fingerprint density at radius 1 is 1.05 bits per heavy atom. The molecule has 3 rings (SSSR count). The number of hydrogen-bond donors (Lipinski definition) is 1. The predicted octanol–water partition coefficient (Wildman–Crippen LogP) is 4.24. The van der Waals surface area contributed by atoms with E-state index in [0.29, 0.717) is 0 Å². The number of nitrogens with zero attached hydrogens (tertiary/aromatic N) is 1. The topological polar surface area (TPSA) is 38.9 Å². The van der Waals surface area contributed by atoms with Gasteiger partial charge in [0.2, 0.25) is 0 Å². The molecule has 1 heterocycles. The van der Waals surface area contributed by atoms with E-state index in [1.165, 1.54) is 10.9 Å². The van der Waals surface area contributed by atoms with E-state index in [9.17, 15) is 0 Å².